The second kappa shape index (κ2) is 9.87. The fourth-order valence-corrected chi connectivity index (χ4v) is 4.80. The molecular formula is C27H26FOP. The Kier molecular flexibility index (Phi) is 6.77. The first-order valence-corrected chi connectivity index (χ1v) is 11.3. The lowest BCUT2D eigenvalue weighted by atomic mass is 9.93. The van der Waals surface area contributed by atoms with Crippen LogP contribution in [0.3, 0.4) is 0 Å². The molecule has 3 heteroatoms. The molecule has 0 N–H and O–H groups in total. The summed E-state index contributed by atoms with van der Waals surface area (Å²) >= 11 is 0. The maximum Gasteiger partial charge on any atom is 0.131 e. The molecular weight excluding hydrogens is 390 g/mol. The van der Waals surface area contributed by atoms with Gasteiger partial charge in [0, 0.05) is 10.6 Å². The van der Waals surface area contributed by atoms with Crippen LogP contribution in [-0.2, 0) is 13.0 Å². The van der Waals surface area contributed by atoms with Crippen LogP contribution in [0, 0.1) is 18.7 Å². The number of hydrogen-bond donors (Lipinski definition) is 0. The molecule has 0 radical (unpaired) electrons. The molecule has 0 saturated carbocycles. The lowest BCUT2D eigenvalue weighted by Crippen LogP contribution is -2.13. The molecule has 1 aliphatic rings. The number of aryl methyl sites for hydroxylation is 1. The van der Waals surface area contributed by atoms with Crippen molar-refractivity contribution in [3.8, 4) is 5.75 Å². The van der Waals surface area contributed by atoms with Crippen molar-refractivity contribution < 1.29 is 9.13 Å². The maximum atomic E-state index is 14.5. The Balaban J connectivity index is 1.58. The summed E-state index contributed by atoms with van der Waals surface area (Å²) in [6.07, 6.45) is 10.7. The van der Waals surface area contributed by atoms with Gasteiger partial charge in [-0.1, -0.05) is 81.4 Å². The average Bonchev–Trinajstić information content (AvgIpc) is 2.76. The first-order chi connectivity index (χ1) is 14.7. The van der Waals surface area contributed by atoms with Gasteiger partial charge < -0.3 is 4.74 Å². The molecule has 0 spiro atoms. The van der Waals surface area contributed by atoms with Crippen LogP contribution < -0.4 is 15.3 Å². The summed E-state index contributed by atoms with van der Waals surface area (Å²) < 4.78 is 20.7. The van der Waals surface area contributed by atoms with Crippen molar-refractivity contribution in [2.45, 2.75) is 26.4 Å². The van der Waals surface area contributed by atoms with Crippen molar-refractivity contribution in [3.63, 3.8) is 0 Å². The van der Waals surface area contributed by atoms with Crippen LogP contribution in [-0.4, -0.2) is 0 Å². The van der Waals surface area contributed by atoms with Gasteiger partial charge in [0.15, 0.2) is 0 Å². The quantitative estimate of drug-likeness (QED) is 0.428. The normalized spacial score (nSPS) is 15.7. The highest BCUT2D eigenvalue weighted by molar-refractivity contribution is 7.55. The third-order valence-electron chi connectivity index (χ3n) is 5.24. The fourth-order valence-electron chi connectivity index (χ4n) is 3.62. The molecule has 1 aliphatic carbocycles. The van der Waals surface area contributed by atoms with Crippen molar-refractivity contribution in [1.82, 2.24) is 0 Å². The minimum atomic E-state index is -0.145. The summed E-state index contributed by atoms with van der Waals surface area (Å²) in [6.45, 7) is 2.42. The maximum absolute atomic E-state index is 14.5. The summed E-state index contributed by atoms with van der Waals surface area (Å²) in [5, 5.41) is 1.78. The van der Waals surface area contributed by atoms with Crippen LogP contribution in [0.4, 0.5) is 4.39 Å². The molecule has 3 aromatic carbocycles. The number of halogens is 1. The number of benzene rings is 3. The summed E-state index contributed by atoms with van der Waals surface area (Å²) in [6, 6.07) is 22.0. The van der Waals surface area contributed by atoms with E-state index in [1.165, 1.54) is 5.56 Å². The predicted molar refractivity (Wildman–Crippen MR) is 126 cm³/mol. The second-order valence-electron chi connectivity index (χ2n) is 7.73. The Morgan fingerprint density at radius 1 is 0.933 bits per heavy atom. The third kappa shape index (κ3) is 5.46. The van der Waals surface area contributed by atoms with E-state index in [1.54, 1.807) is 6.07 Å². The molecule has 2 unspecified atom stereocenters. The Morgan fingerprint density at radius 2 is 1.80 bits per heavy atom. The molecule has 0 fully saturated rings. The van der Waals surface area contributed by atoms with Gasteiger partial charge in [0.2, 0.25) is 0 Å². The predicted octanol–water partition coefficient (Wildman–Crippen LogP) is 6.02. The number of ether oxygens (including phenoxy) is 1. The van der Waals surface area contributed by atoms with Crippen molar-refractivity contribution in [3.05, 3.63) is 114 Å². The number of hydrogen-bond acceptors (Lipinski definition) is 1. The largest absolute Gasteiger partial charge is 0.488 e. The minimum absolute atomic E-state index is 0.145. The van der Waals surface area contributed by atoms with E-state index < -0.39 is 0 Å². The molecule has 30 heavy (non-hydrogen) atoms. The van der Waals surface area contributed by atoms with Gasteiger partial charge in [0.05, 0.1) is 0 Å². The van der Waals surface area contributed by atoms with E-state index in [9.17, 15) is 4.39 Å². The van der Waals surface area contributed by atoms with Crippen molar-refractivity contribution in [2.24, 2.45) is 5.92 Å². The molecule has 0 heterocycles. The Labute approximate surface area is 180 Å². The fraction of sp³-hybridized carbons (Fsp3) is 0.185. The van der Waals surface area contributed by atoms with Gasteiger partial charge >= 0.3 is 0 Å². The number of rotatable bonds is 7. The molecule has 0 aliphatic heterocycles. The van der Waals surface area contributed by atoms with E-state index in [2.05, 4.69) is 54.6 Å². The SMILES string of the molecule is Cc1ccc(Pc2cc(CC3C=CC=CC3)ccc2OCc2ccccc2)c(F)c1. The van der Waals surface area contributed by atoms with Crippen LogP contribution >= 0.6 is 8.58 Å². The van der Waals surface area contributed by atoms with Crippen molar-refractivity contribution in [1.29, 1.82) is 0 Å². The van der Waals surface area contributed by atoms with E-state index in [4.69, 9.17) is 4.74 Å². The van der Waals surface area contributed by atoms with Gasteiger partial charge in [-0.3, -0.25) is 0 Å². The van der Waals surface area contributed by atoms with E-state index in [-0.39, 0.29) is 14.4 Å². The molecule has 1 nitrogen and oxygen atoms in total. The third-order valence-corrected chi connectivity index (χ3v) is 6.58. The highest BCUT2D eigenvalue weighted by Crippen LogP contribution is 2.25. The van der Waals surface area contributed by atoms with Crippen LogP contribution in [0.5, 0.6) is 5.75 Å². The van der Waals surface area contributed by atoms with Crippen molar-refractivity contribution >= 4 is 19.2 Å². The van der Waals surface area contributed by atoms with E-state index >= 15 is 0 Å². The van der Waals surface area contributed by atoms with Crippen LogP contribution in [0.2, 0.25) is 0 Å². The van der Waals surface area contributed by atoms with Crippen LogP contribution in [0.1, 0.15) is 23.1 Å². The van der Waals surface area contributed by atoms with E-state index in [1.807, 2.05) is 37.3 Å². The minimum Gasteiger partial charge on any atom is -0.488 e. The summed E-state index contributed by atoms with van der Waals surface area (Å²) in [7, 11) is 0.215. The van der Waals surface area contributed by atoms with E-state index in [0.717, 1.165) is 40.3 Å². The zero-order valence-electron chi connectivity index (χ0n) is 17.1. The van der Waals surface area contributed by atoms with Gasteiger partial charge in [-0.2, -0.15) is 0 Å². The lowest BCUT2D eigenvalue weighted by molar-refractivity contribution is 0.309. The number of allylic oxidation sites excluding steroid dienone is 4. The highest BCUT2D eigenvalue weighted by atomic mass is 31.1. The second-order valence-corrected chi connectivity index (χ2v) is 9.05. The van der Waals surface area contributed by atoms with Gasteiger partial charge in [-0.25, -0.2) is 4.39 Å². The molecule has 152 valence electrons. The molecule has 0 bridgehead atoms. The zero-order chi connectivity index (χ0) is 20.8. The standard InChI is InChI=1S/C27H26FOP/c1-20-12-15-26(24(28)16-20)30-27-18-23(17-21-8-4-2-5-9-21)13-14-25(27)29-19-22-10-6-3-7-11-22/h2-8,10-16,18,21,30H,9,17,19H2,1H3. The molecule has 3 aromatic rings. The first kappa shape index (κ1) is 20.6. The smallest absolute Gasteiger partial charge is 0.131 e. The van der Waals surface area contributed by atoms with Crippen LogP contribution in [0.15, 0.2) is 91.0 Å². The Morgan fingerprint density at radius 3 is 2.57 bits per heavy atom. The summed E-state index contributed by atoms with van der Waals surface area (Å²) in [5.41, 5.74) is 3.33. The molecule has 0 saturated heterocycles. The van der Waals surface area contributed by atoms with Gasteiger partial charge in [-0.05, 0) is 60.6 Å². The zero-order valence-corrected chi connectivity index (χ0v) is 18.1. The molecule has 4 rings (SSSR count). The molecule has 0 aromatic heterocycles. The average molecular weight is 416 g/mol. The van der Waals surface area contributed by atoms with E-state index in [0.29, 0.717) is 12.5 Å². The van der Waals surface area contributed by atoms with Gasteiger partial charge in [0.1, 0.15) is 18.2 Å². The van der Waals surface area contributed by atoms with Crippen molar-refractivity contribution in [2.75, 3.05) is 0 Å². The summed E-state index contributed by atoms with van der Waals surface area (Å²) in [5.74, 6) is 1.20. The molecule has 2 atom stereocenters. The summed E-state index contributed by atoms with van der Waals surface area (Å²) in [4.78, 5) is 0. The lowest BCUT2D eigenvalue weighted by Gasteiger charge is -2.17. The first-order valence-electron chi connectivity index (χ1n) is 10.3. The Bertz CT molecular complexity index is 1060. The highest BCUT2D eigenvalue weighted by Gasteiger charge is 2.13. The topological polar surface area (TPSA) is 9.23 Å². The van der Waals surface area contributed by atoms with Gasteiger partial charge in [0.25, 0.3) is 0 Å². The van der Waals surface area contributed by atoms with Crippen LogP contribution in [0.25, 0.3) is 0 Å². The monoisotopic (exact) mass is 416 g/mol. The molecule has 0 amide bonds. The van der Waals surface area contributed by atoms with Gasteiger partial charge in [-0.15, -0.1) is 0 Å². The Hall–Kier alpha value is -2.70.